The molecule has 0 unspecified atom stereocenters. The maximum absolute atomic E-state index is 10.3. The molecule has 0 spiro atoms. The zero-order valence-corrected chi connectivity index (χ0v) is 5.16. The van der Waals surface area contributed by atoms with Crippen molar-refractivity contribution in [2.45, 2.75) is 0 Å². The van der Waals surface area contributed by atoms with E-state index in [1.807, 2.05) is 0 Å². The molecule has 1 amide bonds. The Kier molecular flexibility index (Phi) is 3.90. The van der Waals surface area contributed by atoms with Crippen LogP contribution in [0.15, 0.2) is 12.7 Å². The van der Waals surface area contributed by atoms with Crippen LogP contribution in [-0.2, 0) is 14.5 Å². The molecule has 0 fully saturated rings. The second-order valence-electron chi connectivity index (χ2n) is 1.39. The van der Waals surface area contributed by atoms with E-state index in [2.05, 4.69) is 16.8 Å². The number of hydrogen-bond donors (Lipinski definition) is 2. The molecule has 0 saturated heterocycles. The highest BCUT2D eigenvalue weighted by Crippen LogP contribution is 1.70. The molecule has 0 radical (unpaired) electrons. The third kappa shape index (κ3) is 3.62. The van der Waals surface area contributed by atoms with Crippen LogP contribution in [0.4, 0.5) is 0 Å². The summed E-state index contributed by atoms with van der Waals surface area (Å²) in [5.74, 6) is -1.42. The third-order valence-electron chi connectivity index (χ3n) is 0.694. The highest BCUT2D eigenvalue weighted by molar-refractivity contribution is 5.89. The molecule has 0 aliphatic carbocycles. The van der Waals surface area contributed by atoms with E-state index in [4.69, 9.17) is 5.26 Å². The van der Waals surface area contributed by atoms with Crippen LogP contribution in [0.2, 0.25) is 0 Å². The molecule has 10 heavy (non-hydrogen) atoms. The minimum absolute atomic E-state index is 0.360. The van der Waals surface area contributed by atoms with Crippen LogP contribution < -0.4 is 5.32 Å². The predicted octanol–water partition coefficient (Wildman–Crippen LogP) is -0.695. The fourth-order valence-corrected chi connectivity index (χ4v) is 0.264. The van der Waals surface area contributed by atoms with Crippen LogP contribution in [0.25, 0.3) is 0 Å². The molecular weight excluding hydrogens is 138 g/mol. The highest BCUT2D eigenvalue weighted by Gasteiger charge is 2.01. The normalized spacial score (nSPS) is 8.10. The van der Waals surface area contributed by atoms with Crippen LogP contribution in [0.3, 0.4) is 0 Å². The lowest BCUT2D eigenvalue weighted by Gasteiger charge is -1.96. The van der Waals surface area contributed by atoms with Gasteiger partial charge in [0.1, 0.15) is 6.54 Å². The molecule has 0 rings (SSSR count). The molecule has 0 aromatic carbocycles. The van der Waals surface area contributed by atoms with Gasteiger partial charge in [-0.05, 0) is 6.08 Å². The van der Waals surface area contributed by atoms with Crippen molar-refractivity contribution < 1.29 is 19.7 Å². The van der Waals surface area contributed by atoms with Gasteiger partial charge in [-0.2, -0.15) is 5.26 Å². The zero-order chi connectivity index (χ0) is 7.98. The quantitative estimate of drug-likeness (QED) is 0.313. The van der Waals surface area contributed by atoms with Gasteiger partial charge in [0, 0.05) is 0 Å². The predicted molar refractivity (Wildman–Crippen MR) is 31.9 cm³/mol. The minimum Gasteiger partial charge on any atom is -0.342 e. The van der Waals surface area contributed by atoms with Crippen molar-refractivity contribution in [1.29, 1.82) is 0 Å². The molecule has 0 atom stereocenters. The SMILES string of the molecule is C=CC(=O)NCC(=O)OO. The lowest BCUT2D eigenvalue weighted by atomic mass is 10.5. The molecule has 5 heteroatoms. The summed E-state index contributed by atoms with van der Waals surface area (Å²) < 4.78 is 0. The maximum atomic E-state index is 10.3. The van der Waals surface area contributed by atoms with Crippen molar-refractivity contribution in [2.24, 2.45) is 0 Å². The minimum atomic E-state index is -0.921. The number of nitrogens with one attached hydrogen (secondary N) is 1. The first-order valence-electron chi connectivity index (χ1n) is 2.45. The van der Waals surface area contributed by atoms with E-state index in [-0.39, 0.29) is 6.54 Å². The summed E-state index contributed by atoms with van der Waals surface area (Å²) in [7, 11) is 0. The number of amides is 1. The lowest BCUT2D eigenvalue weighted by molar-refractivity contribution is -0.233. The van der Waals surface area contributed by atoms with Gasteiger partial charge in [-0.3, -0.25) is 9.68 Å². The Morgan fingerprint density at radius 2 is 2.30 bits per heavy atom. The van der Waals surface area contributed by atoms with Crippen molar-refractivity contribution in [3.05, 3.63) is 12.7 Å². The summed E-state index contributed by atoms with van der Waals surface area (Å²) in [5.41, 5.74) is 0. The van der Waals surface area contributed by atoms with E-state index < -0.39 is 11.9 Å². The van der Waals surface area contributed by atoms with Crippen LogP contribution in [0.5, 0.6) is 0 Å². The highest BCUT2D eigenvalue weighted by atomic mass is 17.1. The molecule has 0 saturated carbocycles. The topological polar surface area (TPSA) is 75.6 Å². The molecule has 5 nitrogen and oxygen atoms in total. The Bertz CT molecular complexity index is 154. The second kappa shape index (κ2) is 4.51. The standard InChI is InChI=1S/C5H7NO4/c1-2-4(7)6-3-5(8)10-9/h2,9H,1,3H2,(H,6,7). The monoisotopic (exact) mass is 145 g/mol. The first kappa shape index (κ1) is 8.64. The Balaban J connectivity index is 3.44. The van der Waals surface area contributed by atoms with Gasteiger partial charge in [0.2, 0.25) is 5.91 Å². The van der Waals surface area contributed by atoms with Gasteiger partial charge < -0.3 is 5.32 Å². The average molecular weight is 145 g/mol. The zero-order valence-electron chi connectivity index (χ0n) is 5.16. The van der Waals surface area contributed by atoms with Gasteiger partial charge in [-0.15, -0.1) is 0 Å². The summed E-state index contributed by atoms with van der Waals surface area (Å²) in [6.45, 7) is 2.78. The van der Waals surface area contributed by atoms with Crippen LogP contribution in [0, 0.1) is 0 Å². The van der Waals surface area contributed by atoms with Crippen LogP contribution in [-0.4, -0.2) is 23.7 Å². The van der Waals surface area contributed by atoms with Gasteiger partial charge in [0.25, 0.3) is 0 Å². The molecule has 0 aliphatic heterocycles. The first-order chi connectivity index (χ1) is 4.70. The molecule has 56 valence electrons. The van der Waals surface area contributed by atoms with Gasteiger partial charge in [0.05, 0.1) is 0 Å². The van der Waals surface area contributed by atoms with E-state index in [0.29, 0.717) is 0 Å². The maximum Gasteiger partial charge on any atom is 0.360 e. The molecule has 2 N–H and O–H groups in total. The van der Waals surface area contributed by atoms with E-state index in [1.54, 1.807) is 0 Å². The molecule has 0 aromatic heterocycles. The average Bonchev–Trinajstić information content (AvgIpc) is 1.99. The van der Waals surface area contributed by atoms with Crippen molar-refractivity contribution >= 4 is 11.9 Å². The summed E-state index contributed by atoms with van der Waals surface area (Å²) in [4.78, 5) is 23.7. The van der Waals surface area contributed by atoms with Gasteiger partial charge in [-0.1, -0.05) is 6.58 Å². The fraction of sp³-hybridized carbons (Fsp3) is 0.200. The van der Waals surface area contributed by atoms with E-state index in [9.17, 15) is 9.59 Å². The molecule has 0 bridgehead atoms. The van der Waals surface area contributed by atoms with E-state index >= 15 is 0 Å². The van der Waals surface area contributed by atoms with Crippen LogP contribution >= 0.6 is 0 Å². The van der Waals surface area contributed by atoms with Gasteiger partial charge >= 0.3 is 5.97 Å². The summed E-state index contributed by atoms with van der Waals surface area (Å²) in [6, 6.07) is 0. The van der Waals surface area contributed by atoms with E-state index in [1.165, 1.54) is 0 Å². The molecule has 0 aromatic rings. The number of carbonyl (C=O) groups is 2. The Morgan fingerprint density at radius 3 is 2.70 bits per heavy atom. The third-order valence-corrected chi connectivity index (χ3v) is 0.694. The largest absolute Gasteiger partial charge is 0.360 e. The Morgan fingerprint density at radius 1 is 1.70 bits per heavy atom. The van der Waals surface area contributed by atoms with Crippen molar-refractivity contribution in [3.8, 4) is 0 Å². The summed E-state index contributed by atoms with van der Waals surface area (Å²) in [6.07, 6.45) is 1.00. The second-order valence-corrected chi connectivity index (χ2v) is 1.39. The number of hydrogen-bond acceptors (Lipinski definition) is 4. The number of carbonyl (C=O) groups excluding carboxylic acids is 2. The lowest BCUT2D eigenvalue weighted by Crippen LogP contribution is -2.28. The number of rotatable bonds is 3. The van der Waals surface area contributed by atoms with Crippen LogP contribution in [0.1, 0.15) is 0 Å². The van der Waals surface area contributed by atoms with Crippen molar-refractivity contribution in [1.82, 2.24) is 5.32 Å². The summed E-state index contributed by atoms with van der Waals surface area (Å²) >= 11 is 0. The summed E-state index contributed by atoms with van der Waals surface area (Å²) in [5, 5.41) is 9.79. The smallest absolute Gasteiger partial charge is 0.342 e. The Hall–Kier alpha value is -1.36. The molecular formula is C5H7NO4. The van der Waals surface area contributed by atoms with Crippen molar-refractivity contribution in [3.63, 3.8) is 0 Å². The molecule has 0 heterocycles. The van der Waals surface area contributed by atoms with Crippen molar-refractivity contribution in [2.75, 3.05) is 6.54 Å². The Labute approximate surface area is 57.2 Å². The van der Waals surface area contributed by atoms with Gasteiger partial charge in [0.15, 0.2) is 0 Å². The first-order valence-corrected chi connectivity index (χ1v) is 2.45. The fourth-order valence-electron chi connectivity index (χ4n) is 0.264. The molecule has 0 aliphatic rings. The van der Waals surface area contributed by atoms with Gasteiger partial charge in [-0.25, -0.2) is 4.79 Å². The van der Waals surface area contributed by atoms with E-state index in [0.717, 1.165) is 6.08 Å².